The van der Waals surface area contributed by atoms with Crippen LogP contribution in [-0.4, -0.2) is 272 Å². The molecule has 702 valence electrons. The van der Waals surface area contributed by atoms with Crippen molar-refractivity contribution in [2.45, 2.75) is 172 Å². The van der Waals surface area contributed by atoms with Crippen LogP contribution in [0.1, 0.15) is 100 Å². The van der Waals surface area contributed by atoms with Gasteiger partial charge in [-0.3, -0.25) is 81.7 Å². The second kappa shape index (κ2) is 49.1. The standard InChI is InChI=1S/C92H114F3N17O18S/c1-11-12-29-72-90(128)109(7)49-77(116)101-68(44-79(118)119)86(124)107-81(53(4)5)92(130)111(9)73(41-54-22-15-13-16-23-54)87(125)105-69(38-56-30-32-60(113)33-31-56)88(126)108(6)48-76(115)100-67(43-59-46-98-64-28-20-19-27-61(59)64)85(123)104-66(39-57-26-21-34-97-45-57)84(122)103-65(35-52(2)3)83(121)106-71(82(120)99-47-75(96)114)50-131-51-78(117)102-70(40-58-36-62(93)80(95)63(94)37-58)89(127)112(10)74(91(129)110(72)8)42-55-24-17-14-18-25-55/h13-28,30-34,36-37,45-46,52-53,65-74,81,98,113H,11-12,29,35,38-44,47-51H2,1-10H3,(H2,96,114)(H,99,120)(H,100,115)(H,101,116)(H,102,117)(H,103,122)(H,104,123)(H,105,125)(H,106,121)(H,107,124)(H,118,119). The average molecular weight is 1840 g/mol. The van der Waals surface area contributed by atoms with Gasteiger partial charge in [-0.1, -0.05) is 145 Å². The lowest BCUT2D eigenvalue weighted by Crippen LogP contribution is -2.61. The number of likely N-dealkylation sites (N-methyl/N-ethyl adjacent to an activating group) is 5. The van der Waals surface area contributed by atoms with Crippen LogP contribution >= 0.6 is 11.8 Å². The highest BCUT2D eigenvalue weighted by molar-refractivity contribution is 8.00. The number of benzene rings is 5. The largest absolute Gasteiger partial charge is 0.508 e. The van der Waals surface area contributed by atoms with Crippen molar-refractivity contribution in [1.82, 2.24) is 82.3 Å². The van der Waals surface area contributed by atoms with E-state index >= 15 is 42.3 Å². The Bertz CT molecular complexity index is 5190. The van der Waals surface area contributed by atoms with Gasteiger partial charge in [0.15, 0.2) is 17.5 Å². The van der Waals surface area contributed by atoms with Crippen LogP contribution in [0.15, 0.2) is 152 Å². The van der Waals surface area contributed by atoms with Gasteiger partial charge in [-0.05, 0) is 94.5 Å². The van der Waals surface area contributed by atoms with Crippen LogP contribution < -0.4 is 53.6 Å². The van der Waals surface area contributed by atoms with Crippen LogP contribution in [0, 0.1) is 29.3 Å². The van der Waals surface area contributed by atoms with Gasteiger partial charge >= 0.3 is 5.97 Å². The number of aromatic nitrogens is 2. The number of primary amides is 1. The van der Waals surface area contributed by atoms with Gasteiger partial charge in [-0.25, -0.2) is 13.2 Å². The summed E-state index contributed by atoms with van der Waals surface area (Å²) in [7, 11) is 6.13. The summed E-state index contributed by atoms with van der Waals surface area (Å²) < 4.78 is 44.9. The van der Waals surface area contributed by atoms with E-state index in [1.165, 1.54) is 85.7 Å². The minimum absolute atomic E-state index is 0.0692. The van der Waals surface area contributed by atoms with Gasteiger partial charge < -0.3 is 93.3 Å². The van der Waals surface area contributed by atoms with Crippen molar-refractivity contribution in [2.24, 2.45) is 17.6 Å². The van der Waals surface area contributed by atoms with Crippen LogP contribution in [-0.2, 0) is 115 Å². The van der Waals surface area contributed by atoms with E-state index in [9.17, 15) is 57.8 Å². The molecule has 35 nitrogen and oxygen atoms in total. The van der Waals surface area contributed by atoms with Crippen LogP contribution in [0.25, 0.3) is 10.9 Å². The molecule has 2 aromatic heterocycles. The first-order valence-electron chi connectivity index (χ1n) is 42.7. The first-order valence-corrected chi connectivity index (χ1v) is 43.8. The zero-order valence-electron chi connectivity index (χ0n) is 74.5. The smallest absolute Gasteiger partial charge is 0.305 e. The summed E-state index contributed by atoms with van der Waals surface area (Å²) in [5.74, 6) is -24.2. The number of phenols is 1. The summed E-state index contributed by atoms with van der Waals surface area (Å²) in [4.78, 5) is 247. The molecule has 3 heterocycles. The van der Waals surface area contributed by atoms with Crippen LogP contribution in [0.4, 0.5) is 13.2 Å². The molecule has 131 heavy (non-hydrogen) atoms. The first kappa shape index (κ1) is 103. The third kappa shape index (κ3) is 30.4. The van der Waals surface area contributed by atoms with Gasteiger partial charge in [-0.15, -0.1) is 11.8 Å². The zero-order valence-corrected chi connectivity index (χ0v) is 75.3. The highest BCUT2D eigenvalue weighted by Gasteiger charge is 2.43. The molecule has 11 atom stereocenters. The molecule has 0 aliphatic carbocycles. The minimum atomic E-state index is -1.96. The fourth-order valence-corrected chi connectivity index (χ4v) is 15.8. The molecular weight excluding hydrogens is 1720 g/mol. The van der Waals surface area contributed by atoms with Gasteiger partial charge in [0.1, 0.15) is 72.2 Å². The molecule has 5 aromatic carbocycles. The summed E-state index contributed by atoms with van der Waals surface area (Å²) in [6, 6.07) is 15.5. The second-order valence-electron chi connectivity index (χ2n) is 33.1. The van der Waals surface area contributed by atoms with Gasteiger partial charge in [0.25, 0.3) is 0 Å². The van der Waals surface area contributed by atoms with Gasteiger partial charge in [0.2, 0.25) is 88.6 Å². The maximum Gasteiger partial charge on any atom is 0.305 e. The highest BCUT2D eigenvalue weighted by Crippen LogP contribution is 2.25. The number of halogens is 3. The number of amides is 15. The number of aliphatic carboxylic acids is 1. The predicted octanol–water partition coefficient (Wildman–Crippen LogP) is 2.43. The van der Waals surface area contributed by atoms with Crippen molar-refractivity contribution >= 4 is 117 Å². The molecule has 11 unspecified atom stereocenters. The number of carbonyl (C=O) groups is 16. The molecule has 14 N–H and O–H groups in total. The Morgan fingerprint density at radius 3 is 1.61 bits per heavy atom. The summed E-state index contributed by atoms with van der Waals surface area (Å²) in [5.41, 5.74) is 7.94. The van der Waals surface area contributed by atoms with Crippen LogP contribution in [0.3, 0.4) is 0 Å². The van der Waals surface area contributed by atoms with E-state index in [1.807, 2.05) is 0 Å². The molecule has 1 aliphatic heterocycles. The first-order chi connectivity index (χ1) is 62.2. The molecule has 15 amide bonds. The number of hydrogen-bond acceptors (Lipinski definition) is 19. The number of carbonyl (C=O) groups excluding carboxylic acids is 15. The van der Waals surface area contributed by atoms with Crippen molar-refractivity contribution in [3.8, 4) is 5.75 Å². The minimum Gasteiger partial charge on any atom is -0.508 e. The van der Waals surface area contributed by atoms with E-state index in [2.05, 4.69) is 57.8 Å². The van der Waals surface area contributed by atoms with Crippen molar-refractivity contribution in [1.29, 1.82) is 0 Å². The molecule has 0 spiro atoms. The monoisotopic (exact) mass is 1830 g/mol. The number of carboxylic acids is 1. The summed E-state index contributed by atoms with van der Waals surface area (Å²) in [6.45, 7) is 5.83. The van der Waals surface area contributed by atoms with E-state index < -0.39 is 234 Å². The number of thioether (sulfide) groups is 1. The molecule has 39 heteroatoms. The number of fused-ring (bicyclic) bond motifs is 1. The van der Waals surface area contributed by atoms with Crippen molar-refractivity contribution in [2.75, 3.05) is 66.4 Å². The number of H-pyrrole nitrogens is 1. The quantitative estimate of drug-likeness (QED) is 0.0409. The number of phenolic OH excluding ortho intramolecular Hbond substituents is 1. The summed E-state index contributed by atoms with van der Waals surface area (Å²) in [5, 5.41) is 44.6. The molecule has 1 fully saturated rings. The Morgan fingerprint density at radius 1 is 0.519 bits per heavy atom. The van der Waals surface area contributed by atoms with E-state index in [-0.39, 0.29) is 62.7 Å². The number of hydrogen-bond donors (Lipinski definition) is 13. The highest BCUT2D eigenvalue weighted by atomic mass is 32.2. The molecule has 0 saturated carbocycles. The van der Waals surface area contributed by atoms with Crippen molar-refractivity contribution in [3.05, 3.63) is 203 Å². The van der Waals surface area contributed by atoms with E-state index in [0.717, 1.165) is 24.5 Å². The van der Waals surface area contributed by atoms with E-state index in [4.69, 9.17) is 5.73 Å². The summed E-state index contributed by atoms with van der Waals surface area (Å²) >= 11 is 0.677. The predicted molar refractivity (Wildman–Crippen MR) is 478 cm³/mol. The molecule has 1 saturated heterocycles. The topological polar surface area (TPSA) is 493 Å². The number of carboxylic acid groups (broad SMARTS) is 1. The second-order valence-corrected chi connectivity index (χ2v) is 34.2. The normalized spacial score (nSPS) is 21.8. The zero-order chi connectivity index (χ0) is 96.0. The molecule has 8 rings (SSSR count). The SMILES string of the molecule is CCCCC1C(=O)N(C)CC(=O)NC(CC(=O)O)C(=O)NC(C(C)C)C(=O)N(C)C(Cc2ccccc2)C(=O)NC(Cc2ccc(O)cc2)C(=O)N(C)CC(=O)NC(Cc2c[nH]c3ccccc23)C(=O)NC(Cc2cccnc2)C(=O)NC(CC(C)C)C(=O)NC(C(=O)NCC(N)=O)CSCC(=O)NC(Cc2cc(F)c(F)c(F)c2)C(=O)N(C)C(Cc2ccccc2)C(=O)N1C. The van der Waals surface area contributed by atoms with Crippen LogP contribution in [0.5, 0.6) is 5.75 Å². The molecule has 1 aliphatic rings. The lowest BCUT2D eigenvalue weighted by Gasteiger charge is -2.37. The number of unbranched alkanes of at least 4 members (excludes halogenated alkanes) is 1. The third-order valence-corrected chi connectivity index (χ3v) is 23.1. The number of para-hydroxylation sites is 1. The lowest BCUT2D eigenvalue weighted by molar-refractivity contribution is -0.151. The number of nitrogens with two attached hydrogens (primary N) is 1. The van der Waals surface area contributed by atoms with Crippen molar-refractivity contribution in [3.63, 3.8) is 0 Å². The maximum absolute atomic E-state index is 15.5. The lowest BCUT2D eigenvalue weighted by atomic mass is 9.98. The Labute approximate surface area is 760 Å². The number of aromatic amines is 1. The molecular formula is C92H114F3N17O18S. The van der Waals surface area contributed by atoms with E-state index in [0.29, 0.717) is 69.0 Å². The number of nitrogens with zero attached hydrogens (tertiary/aromatic N) is 6. The number of aromatic hydroxyl groups is 1. The van der Waals surface area contributed by atoms with Crippen molar-refractivity contribution < 1.29 is 100 Å². The molecule has 7 aromatic rings. The Hall–Kier alpha value is -13.8. The van der Waals surface area contributed by atoms with Gasteiger partial charge in [-0.2, -0.15) is 0 Å². The number of pyridine rings is 1. The Balaban J connectivity index is 1.22. The summed E-state index contributed by atoms with van der Waals surface area (Å²) in [6.07, 6.45) is 1.74. The fraction of sp³-hybridized carbons (Fsp3) is 0.424. The molecule has 0 radical (unpaired) electrons. The van der Waals surface area contributed by atoms with E-state index in [1.54, 1.807) is 124 Å². The van der Waals surface area contributed by atoms with Gasteiger partial charge in [0.05, 0.1) is 31.8 Å². The third-order valence-electron chi connectivity index (χ3n) is 22.0. The van der Waals surface area contributed by atoms with Gasteiger partial charge in [0, 0.05) is 109 Å². The Morgan fingerprint density at radius 2 is 1.02 bits per heavy atom. The number of rotatable bonds is 23. The Kier molecular flexibility index (Phi) is 38.5. The average Bonchev–Trinajstić information content (AvgIpc) is 1.38. The number of nitrogens with one attached hydrogen (secondary N) is 10. The van der Waals surface area contributed by atoms with Crippen LogP contribution in [0.2, 0.25) is 0 Å². The molecule has 0 bridgehead atoms. The maximum atomic E-state index is 15.5. The fourth-order valence-electron chi connectivity index (χ4n) is 14.9.